The van der Waals surface area contributed by atoms with Crippen LogP contribution in [0.2, 0.25) is 0 Å². The summed E-state index contributed by atoms with van der Waals surface area (Å²) < 4.78 is 0. The van der Waals surface area contributed by atoms with E-state index in [1.54, 1.807) is 26.0 Å². The zero-order valence-electron chi connectivity index (χ0n) is 18.4. The van der Waals surface area contributed by atoms with Gasteiger partial charge in [0.1, 0.15) is 0 Å². The third kappa shape index (κ3) is 9.13. The smallest absolute Gasteiger partial charge is 0.253 e. The third-order valence-electron chi connectivity index (χ3n) is 4.60. The molecule has 0 spiro atoms. The van der Waals surface area contributed by atoms with Gasteiger partial charge in [-0.3, -0.25) is 9.79 Å². The summed E-state index contributed by atoms with van der Waals surface area (Å²) in [6.45, 7) is 3.49. The second kappa shape index (κ2) is 14.0. The van der Waals surface area contributed by atoms with Crippen molar-refractivity contribution >= 4 is 35.8 Å². The van der Waals surface area contributed by atoms with Gasteiger partial charge in [0.25, 0.3) is 5.91 Å². The lowest BCUT2D eigenvalue weighted by atomic mass is 10.1. The summed E-state index contributed by atoms with van der Waals surface area (Å²) in [5.74, 6) is 0.795. The van der Waals surface area contributed by atoms with Crippen LogP contribution < -0.4 is 10.6 Å². The molecule has 2 rings (SSSR count). The van der Waals surface area contributed by atoms with Crippen LogP contribution in [0, 0.1) is 0 Å². The molecule has 0 saturated heterocycles. The Balaban J connectivity index is 0.00000450. The maximum atomic E-state index is 11.9. The molecule has 0 aliphatic carbocycles. The normalized spacial score (nSPS) is 11.0. The fourth-order valence-electron chi connectivity index (χ4n) is 2.96. The van der Waals surface area contributed by atoms with E-state index < -0.39 is 0 Å². The molecule has 164 valence electrons. The van der Waals surface area contributed by atoms with Crippen molar-refractivity contribution in [2.45, 2.75) is 19.5 Å². The van der Waals surface area contributed by atoms with E-state index in [1.807, 2.05) is 30.3 Å². The molecule has 0 aliphatic heterocycles. The number of halogens is 1. The zero-order valence-corrected chi connectivity index (χ0v) is 20.7. The number of guanidine groups is 1. The van der Waals surface area contributed by atoms with Crippen molar-refractivity contribution in [3.63, 3.8) is 0 Å². The molecule has 0 aromatic heterocycles. The van der Waals surface area contributed by atoms with Crippen LogP contribution in [0.25, 0.3) is 0 Å². The van der Waals surface area contributed by atoms with Crippen molar-refractivity contribution in [1.82, 2.24) is 20.4 Å². The number of hydrogen-bond acceptors (Lipinski definition) is 3. The van der Waals surface area contributed by atoms with Crippen LogP contribution in [-0.4, -0.2) is 62.9 Å². The van der Waals surface area contributed by atoms with Crippen LogP contribution in [0.15, 0.2) is 59.6 Å². The molecule has 2 N–H and O–H groups in total. The lowest BCUT2D eigenvalue weighted by Gasteiger charge is -2.17. The molecular weight excluding hydrogens is 489 g/mol. The molecule has 0 aliphatic rings. The van der Waals surface area contributed by atoms with Gasteiger partial charge < -0.3 is 20.4 Å². The van der Waals surface area contributed by atoms with Crippen LogP contribution in [0.3, 0.4) is 0 Å². The Kier molecular flexibility index (Phi) is 12.1. The highest BCUT2D eigenvalue weighted by Crippen LogP contribution is 2.06. The quantitative estimate of drug-likeness (QED) is 0.230. The van der Waals surface area contributed by atoms with E-state index in [2.05, 4.69) is 51.8 Å². The largest absolute Gasteiger partial charge is 0.356 e. The molecule has 0 unspecified atom stereocenters. The first kappa shape index (κ1) is 25.9. The SMILES string of the molecule is CN=C(NCCCN(C)Cc1ccccc1)NCc1ccc(C(=O)N(C)C)cc1.I. The minimum atomic E-state index is 0. The molecule has 6 nitrogen and oxygen atoms in total. The number of hydrogen-bond donors (Lipinski definition) is 2. The van der Waals surface area contributed by atoms with Gasteiger partial charge in [0, 0.05) is 46.3 Å². The highest BCUT2D eigenvalue weighted by Gasteiger charge is 2.07. The Hall–Kier alpha value is -2.13. The lowest BCUT2D eigenvalue weighted by molar-refractivity contribution is 0.0827. The van der Waals surface area contributed by atoms with Gasteiger partial charge in [0.15, 0.2) is 5.96 Å². The van der Waals surface area contributed by atoms with Crippen molar-refractivity contribution in [1.29, 1.82) is 0 Å². The summed E-state index contributed by atoms with van der Waals surface area (Å²) in [5, 5.41) is 6.67. The number of carbonyl (C=O) groups excluding carboxylic acids is 1. The number of rotatable bonds is 9. The molecule has 0 radical (unpaired) electrons. The van der Waals surface area contributed by atoms with Gasteiger partial charge in [-0.25, -0.2) is 0 Å². The second-order valence-electron chi connectivity index (χ2n) is 7.33. The molecule has 7 heteroatoms. The Bertz CT molecular complexity index is 778. The van der Waals surface area contributed by atoms with E-state index in [4.69, 9.17) is 0 Å². The highest BCUT2D eigenvalue weighted by molar-refractivity contribution is 14.0. The summed E-state index contributed by atoms with van der Waals surface area (Å²) in [6, 6.07) is 18.2. The Morgan fingerprint density at radius 2 is 1.60 bits per heavy atom. The predicted molar refractivity (Wildman–Crippen MR) is 135 cm³/mol. The molecule has 0 fully saturated rings. The molecule has 0 bridgehead atoms. The minimum absolute atomic E-state index is 0. The summed E-state index contributed by atoms with van der Waals surface area (Å²) in [4.78, 5) is 20.1. The third-order valence-corrected chi connectivity index (χ3v) is 4.60. The van der Waals surface area contributed by atoms with Gasteiger partial charge in [-0.2, -0.15) is 0 Å². The van der Waals surface area contributed by atoms with E-state index >= 15 is 0 Å². The zero-order chi connectivity index (χ0) is 21.1. The minimum Gasteiger partial charge on any atom is -0.356 e. The van der Waals surface area contributed by atoms with Gasteiger partial charge >= 0.3 is 0 Å². The number of aliphatic imine (C=N–C) groups is 1. The van der Waals surface area contributed by atoms with E-state index in [-0.39, 0.29) is 29.9 Å². The van der Waals surface area contributed by atoms with E-state index in [0.717, 1.165) is 37.6 Å². The van der Waals surface area contributed by atoms with Gasteiger partial charge in [-0.15, -0.1) is 24.0 Å². The molecule has 0 heterocycles. The second-order valence-corrected chi connectivity index (χ2v) is 7.33. The predicted octanol–water partition coefficient (Wildman–Crippen LogP) is 3.19. The first-order valence-electron chi connectivity index (χ1n) is 9.97. The maximum absolute atomic E-state index is 11.9. The number of nitrogens with one attached hydrogen (secondary N) is 2. The summed E-state index contributed by atoms with van der Waals surface area (Å²) in [7, 11) is 7.43. The summed E-state index contributed by atoms with van der Waals surface area (Å²) >= 11 is 0. The number of amides is 1. The first-order valence-corrected chi connectivity index (χ1v) is 9.97. The van der Waals surface area contributed by atoms with Crippen molar-refractivity contribution in [3.8, 4) is 0 Å². The topological polar surface area (TPSA) is 60.0 Å². The van der Waals surface area contributed by atoms with E-state index in [0.29, 0.717) is 12.1 Å². The Labute approximate surface area is 197 Å². The average Bonchev–Trinajstić information content (AvgIpc) is 2.73. The summed E-state index contributed by atoms with van der Waals surface area (Å²) in [5.41, 5.74) is 3.13. The van der Waals surface area contributed by atoms with Crippen molar-refractivity contribution in [2.75, 3.05) is 41.3 Å². The van der Waals surface area contributed by atoms with Crippen molar-refractivity contribution in [3.05, 3.63) is 71.3 Å². The van der Waals surface area contributed by atoms with Gasteiger partial charge in [0.2, 0.25) is 0 Å². The highest BCUT2D eigenvalue weighted by atomic mass is 127. The number of carbonyl (C=O) groups is 1. The molecule has 0 atom stereocenters. The van der Waals surface area contributed by atoms with Crippen molar-refractivity contribution in [2.24, 2.45) is 4.99 Å². The molecular formula is C23H34IN5O. The monoisotopic (exact) mass is 523 g/mol. The average molecular weight is 523 g/mol. The Morgan fingerprint density at radius 1 is 0.933 bits per heavy atom. The fourth-order valence-corrected chi connectivity index (χ4v) is 2.96. The van der Waals surface area contributed by atoms with Crippen LogP contribution in [0.1, 0.15) is 27.9 Å². The summed E-state index contributed by atoms with van der Waals surface area (Å²) in [6.07, 6.45) is 1.03. The van der Waals surface area contributed by atoms with Crippen LogP contribution in [0.4, 0.5) is 0 Å². The standard InChI is InChI=1S/C23H33N5O.HI/c1-24-23(25-15-8-16-28(4)18-20-9-6-5-7-10-20)26-17-19-11-13-21(14-12-19)22(29)27(2)3;/h5-7,9-14H,8,15-18H2,1-4H3,(H2,24,25,26);1H. The Morgan fingerprint density at radius 3 is 2.20 bits per heavy atom. The molecule has 1 amide bonds. The molecule has 30 heavy (non-hydrogen) atoms. The molecule has 2 aromatic rings. The van der Waals surface area contributed by atoms with Crippen LogP contribution >= 0.6 is 24.0 Å². The number of nitrogens with zero attached hydrogens (tertiary/aromatic N) is 3. The fraction of sp³-hybridized carbons (Fsp3) is 0.391. The first-order chi connectivity index (χ1) is 14.0. The van der Waals surface area contributed by atoms with Gasteiger partial charge in [-0.05, 0) is 43.3 Å². The van der Waals surface area contributed by atoms with Crippen LogP contribution in [-0.2, 0) is 13.1 Å². The maximum Gasteiger partial charge on any atom is 0.253 e. The van der Waals surface area contributed by atoms with E-state index in [9.17, 15) is 4.79 Å². The van der Waals surface area contributed by atoms with Crippen LogP contribution in [0.5, 0.6) is 0 Å². The number of benzene rings is 2. The van der Waals surface area contributed by atoms with E-state index in [1.165, 1.54) is 5.56 Å². The van der Waals surface area contributed by atoms with Gasteiger partial charge in [0.05, 0.1) is 0 Å². The van der Waals surface area contributed by atoms with Crippen molar-refractivity contribution < 1.29 is 4.79 Å². The lowest BCUT2D eigenvalue weighted by Crippen LogP contribution is -2.38. The molecule has 0 saturated carbocycles. The molecule has 2 aromatic carbocycles. The van der Waals surface area contributed by atoms with Gasteiger partial charge in [-0.1, -0.05) is 42.5 Å².